The van der Waals surface area contributed by atoms with Crippen LogP contribution < -0.4 is 10.5 Å². The van der Waals surface area contributed by atoms with Crippen molar-refractivity contribution in [3.05, 3.63) is 24.0 Å². The lowest BCUT2D eigenvalue weighted by molar-refractivity contribution is 0.133. The van der Waals surface area contributed by atoms with E-state index < -0.39 is 0 Å². The lowest BCUT2D eigenvalue weighted by Gasteiger charge is -2.32. The van der Waals surface area contributed by atoms with Crippen molar-refractivity contribution in [3.8, 4) is 17.6 Å². The average Bonchev–Trinajstić information content (AvgIpc) is 2.48. The Balaban J connectivity index is 1.76. The first-order valence-corrected chi connectivity index (χ1v) is 6.95. The van der Waals surface area contributed by atoms with Gasteiger partial charge in [-0.25, -0.2) is 0 Å². The summed E-state index contributed by atoms with van der Waals surface area (Å²) < 4.78 is 5.74. The van der Waals surface area contributed by atoms with Gasteiger partial charge in [0.2, 0.25) is 0 Å². The Hall–Kier alpha value is -1.61. The van der Waals surface area contributed by atoms with Crippen molar-refractivity contribution < 1.29 is 4.74 Å². The van der Waals surface area contributed by atoms with Crippen LogP contribution in [0.5, 0.6) is 5.75 Å². The quantitative estimate of drug-likeness (QED) is 0.784. The highest BCUT2D eigenvalue weighted by Gasteiger charge is 2.13. The van der Waals surface area contributed by atoms with Crippen molar-refractivity contribution in [2.24, 2.45) is 5.73 Å². The molecule has 1 aromatic heterocycles. The molecule has 20 heavy (non-hydrogen) atoms. The molecule has 2 N–H and O–H groups in total. The molecule has 1 aliphatic rings. The molecule has 0 aliphatic carbocycles. The molecule has 0 aromatic carbocycles. The molecule has 1 saturated heterocycles. The second-order valence-electron chi connectivity index (χ2n) is 4.91. The van der Waals surface area contributed by atoms with Gasteiger partial charge in [0.15, 0.2) is 0 Å². The first kappa shape index (κ1) is 14.8. The van der Waals surface area contributed by atoms with Gasteiger partial charge in [0, 0.05) is 44.5 Å². The SMILES string of the molecule is CN1CCN(CCOc2cncc(C#CCN)c2)CC1. The van der Waals surface area contributed by atoms with Gasteiger partial charge in [-0.2, -0.15) is 0 Å². The van der Waals surface area contributed by atoms with Crippen molar-refractivity contribution in [1.29, 1.82) is 0 Å². The Morgan fingerprint density at radius 3 is 2.85 bits per heavy atom. The van der Waals surface area contributed by atoms with Crippen LogP contribution in [0.4, 0.5) is 0 Å². The molecule has 0 bridgehead atoms. The monoisotopic (exact) mass is 274 g/mol. The van der Waals surface area contributed by atoms with E-state index in [9.17, 15) is 0 Å². The second-order valence-corrected chi connectivity index (χ2v) is 4.91. The fourth-order valence-electron chi connectivity index (χ4n) is 2.08. The van der Waals surface area contributed by atoms with Crippen molar-refractivity contribution in [1.82, 2.24) is 14.8 Å². The van der Waals surface area contributed by atoms with E-state index in [1.807, 2.05) is 6.07 Å². The van der Waals surface area contributed by atoms with Crippen LogP contribution in [0.1, 0.15) is 5.56 Å². The predicted octanol–water partition coefficient (Wildman–Crippen LogP) is 0.0180. The normalized spacial score (nSPS) is 16.5. The van der Waals surface area contributed by atoms with E-state index in [2.05, 4.69) is 33.7 Å². The summed E-state index contributed by atoms with van der Waals surface area (Å²) in [5.41, 5.74) is 6.19. The molecule has 5 nitrogen and oxygen atoms in total. The minimum atomic E-state index is 0.356. The van der Waals surface area contributed by atoms with Gasteiger partial charge >= 0.3 is 0 Å². The zero-order chi connectivity index (χ0) is 14.2. The Labute approximate surface area is 120 Å². The molecular weight excluding hydrogens is 252 g/mol. The molecular formula is C15H22N4O. The molecule has 108 valence electrons. The molecule has 0 radical (unpaired) electrons. The minimum absolute atomic E-state index is 0.356. The Kier molecular flexibility index (Phi) is 5.81. The number of aromatic nitrogens is 1. The molecule has 1 aliphatic heterocycles. The number of pyridine rings is 1. The third-order valence-electron chi connectivity index (χ3n) is 3.32. The van der Waals surface area contributed by atoms with Crippen molar-refractivity contribution in [3.63, 3.8) is 0 Å². The van der Waals surface area contributed by atoms with Gasteiger partial charge in [-0.15, -0.1) is 0 Å². The van der Waals surface area contributed by atoms with Gasteiger partial charge in [-0.3, -0.25) is 9.88 Å². The third-order valence-corrected chi connectivity index (χ3v) is 3.32. The number of nitrogens with zero attached hydrogens (tertiary/aromatic N) is 3. The number of nitrogens with two attached hydrogens (primary N) is 1. The van der Waals surface area contributed by atoms with Crippen LogP contribution in [0.3, 0.4) is 0 Å². The minimum Gasteiger partial charge on any atom is -0.491 e. The van der Waals surface area contributed by atoms with E-state index in [1.54, 1.807) is 12.4 Å². The fourth-order valence-corrected chi connectivity index (χ4v) is 2.08. The summed E-state index contributed by atoms with van der Waals surface area (Å²) in [6.07, 6.45) is 3.44. The maximum Gasteiger partial charge on any atom is 0.138 e. The number of rotatable bonds is 4. The van der Waals surface area contributed by atoms with Gasteiger partial charge < -0.3 is 15.4 Å². The highest BCUT2D eigenvalue weighted by atomic mass is 16.5. The molecule has 1 aromatic rings. The number of likely N-dealkylation sites (N-methyl/N-ethyl adjacent to an activating group) is 1. The van der Waals surface area contributed by atoms with Crippen LogP contribution in [0, 0.1) is 11.8 Å². The first-order chi connectivity index (χ1) is 9.78. The fraction of sp³-hybridized carbons (Fsp3) is 0.533. The summed E-state index contributed by atoms with van der Waals surface area (Å²) in [6.45, 7) is 6.47. The number of ether oxygens (including phenoxy) is 1. The molecule has 2 rings (SSSR count). The second kappa shape index (κ2) is 7.85. The van der Waals surface area contributed by atoms with Gasteiger partial charge in [-0.05, 0) is 13.1 Å². The molecule has 0 amide bonds. The van der Waals surface area contributed by atoms with Crippen molar-refractivity contribution in [2.75, 3.05) is 52.9 Å². The number of piperazine rings is 1. The van der Waals surface area contributed by atoms with Crippen molar-refractivity contribution >= 4 is 0 Å². The van der Waals surface area contributed by atoms with Crippen LogP contribution in [0.25, 0.3) is 0 Å². The van der Waals surface area contributed by atoms with E-state index in [0.29, 0.717) is 13.2 Å². The smallest absolute Gasteiger partial charge is 0.138 e. The molecule has 2 heterocycles. The van der Waals surface area contributed by atoms with Crippen LogP contribution in [0.2, 0.25) is 0 Å². The van der Waals surface area contributed by atoms with E-state index >= 15 is 0 Å². The number of hydrogen-bond acceptors (Lipinski definition) is 5. The zero-order valence-corrected chi connectivity index (χ0v) is 12.0. The standard InChI is InChI=1S/C15H22N4O/c1-18-5-7-19(8-6-18)9-10-20-15-11-14(3-2-4-16)12-17-13-15/h11-13H,4-10,16H2,1H3. The Morgan fingerprint density at radius 1 is 1.30 bits per heavy atom. The Bertz CT molecular complexity index is 472. The summed E-state index contributed by atoms with van der Waals surface area (Å²) in [7, 11) is 2.16. The van der Waals surface area contributed by atoms with Crippen LogP contribution >= 0.6 is 0 Å². The maximum atomic E-state index is 5.74. The van der Waals surface area contributed by atoms with Gasteiger partial charge in [-0.1, -0.05) is 11.8 Å². The predicted molar refractivity (Wildman–Crippen MR) is 79.6 cm³/mol. The van der Waals surface area contributed by atoms with Crippen LogP contribution in [-0.4, -0.2) is 67.7 Å². The largest absolute Gasteiger partial charge is 0.491 e. The van der Waals surface area contributed by atoms with E-state index in [4.69, 9.17) is 10.5 Å². The summed E-state index contributed by atoms with van der Waals surface area (Å²) in [5.74, 6) is 6.54. The van der Waals surface area contributed by atoms with Gasteiger partial charge in [0.25, 0.3) is 0 Å². The highest BCUT2D eigenvalue weighted by molar-refractivity contribution is 5.36. The zero-order valence-electron chi connectivity index (χ0n) is 12.0. The van der Waals surface area contributed by atoms with E-state index in [1.165, 1.54) is 0 Å². The van der Waals surface area contributed by atoms with Gasteiger partial charge in [0.1, 0.15) is 12.4 Å². The summed E-state index contributed by atoms with van der Waals surface area (Å²) in [5, 5.41) is 0. The lowest BCUT2D eigenvalue weighted by atomic mass is 10.3. The van der Waals surface area contributed by atoms with E-state index in [0.717, 1.165) is 44.0 Å². The van der Waals surface area contributed by atoms with Gasteiger partial charge in [0.05, 0.1) is 12.7 Å². The van der Waals surface area contributed by atoms with E-state index in [-0.39, 0.29) is 0 Å². The summed E-state index contributed by atoms with van der Waals surface area (Å²) in [6, 6.07) is 1.90. The number of hydrogen-bond donors (Lipinski definition) is 1. The van der Waals surface area contributed by atoms with Crippen LogP contribution in [0.15, 0.2) is 18.5 Å². The van der Waals surface area contributed by atoms with Crippen molar-refractivity contribution in [2.45, 2.75) is 0 Å². The molecule has 0 saturated carbocycles. The summed E-state index contributed by atoms with van der Waals surface area (Å²) >= 11 is 0. The third kappa shape index (κ3) is 4.82. The first-order valence-electron chi connectivity index (χ1n) is 6.95. The highest BCUT2D eigenvalue weighted by Crippen LogP contribution is 2.10. The lowest BCUT2D eigenvalue weighted by Crippen LogP contribution is -2.45. The molecule has 0 atom stereocenters. The average molecular weight is 274 g/mol. The summed E-state index contributed by atoms with van der Waals surface area (Å²) in [4.78, 5) is 8.89. The molecule has 5 heteroatoms. The molecule has 0 unspecified atom stereocenters. The molecule has 1 fully saturated rings. The van der Waals surface area contributed by atoms with Crippen LogP contribution in [-0.2, 0) is 0 Å². The molecule has 0 spiro atoms. The topological polar surface area (TPSA) is 54.6 Å². The maximum absolute atomic E-state index is 5.74. The Morgan fingerprint density at radius 2 is 2.10 bits per heavy atom.